The smallest absolute Gasteiger partial charge is 0.332 e. The highest BCUT2D eigenvalue weighted by atomic mass is 16.5. The SMILES string of the molecule is C#CC1(C(C)=O)CCOC1=O. The van der Waals surface area contributed by atoms with Crippen LogP contribution in [0.15, 0.2) is 0 Å². The van der Waals surface area contributed by atoms with E-state index in [1.165, 1.54) is 6.92 Å². The molecule has 0 amide bonds. The molecule has 0 N–H and O–H groups in total. The number of terminal acetylenes is 1. The topological polar surface area (TPSA) is 43.4 Å². The van der Waals surface area contributed by atoms with E-state index < -0.39 is 11.4 Å². The van der Waals surface area contributed by atoms with Crippen molar-refractivity contribution in [1.82, 2.24) is 0 Å². The summed E-state index contributed by atoms with van der Waals surface area (Å²) >= 11 is 0. The molecule has 58 valence electrons. The molecule has 0 aliphatic carbocycles. The van der Waals surface area contributed by atoms with Crippen molar-refractivity contribution in [3.05, 3.63) is 0 Å². The number of rotatable bonds is 1. The van der Waals surface area contributed by atoms with E-state index in [9.17, 15) is 9.59 Å². The van der Waals surface area contributed by atoms with Gasteiger partial charge in [-0.1, -0.05) is 5.92 Å². The zero-order valence-corrected chi connectivity index (χ0v) is 6.22. The fraction of sp³-hybridized carbons (Fsp3) is 0.500. The highest BCUT2D eigenvalue weighted by Crippen LogP contribution is 2.29. The summed E-state index contributed by atoms with van der Waals surface area (Å²) in [4.78, 5) is 21.9. The van der Waals surface area contributed by atoms with E-state index in [1.807, 2.05) is 0 Å². The number of ether oxygens (including phenoxy) is 1. The van der Waals surface area contributed by atoms with E-state index >= 15 is 0 Å². The molecule has 3 heteroatoms. The van der Waals surface area contributed by atoms with Crippen molar-refractivity contribution in [2.24, 2.45) is 5.41 Å². The van der Waals surface area contributed by atoms with Crippen molar-refractivity contribution >= 4 is 11.8 Å². The molecular formula is C8H8O3. The Kier molecular flexibility index (Phi) is 1.69. The van der Waals surface area contributed by atoms with Crippen LogP contribution in [0.5, 0.6) is 0 Å². The average Bonchev–Trinajstić information content (AvgIpc) is 2.32. The molecule has 0 aromatic heterocycles. The standard InChI is InChI=1S/C8H8O3/c1-3-8(6(2)9)4-5-11-7(8)10/h1H,4-5H2,2H3. The molecule has 1 aliphatic rings. The van der Waals surface area contributed by atoms with Gasteiger partial charge in [0.1, 0.15) is 0 Å². The summed E-state index contributed by atoms with van der Waals surface area (Å²) in [5.41, 5.74) is -1.28. The lowest BCUT2D eigenvalue weighted by Gasteiger charge is -2.11. The van der Waals surface area contributed by atoms with Gasteiger partial charge in [0.15, 0.2) is 11.2 Å². The van der Waals surface area contributed by atoms with Crippen LogP contribution < -0.4 is 0 Å². The maximum Gasteiger partial charge on any atom is 0.332 e. The number of hydrogen-bond acceptors (Lipinski definition) is 3. The summed E-state index contributed by atoms with van der Waals surface area (Å²) in [7, 11) is 0. The van der Waals surface area contributed by atoms with E-state index in [4.69, 9.17) is 6.42 Å². The highest BCUT2D eigenvalue weighted by Gasteiger charge is 2.47. The molecule has 1 saturated heterocycles. The van der Waals surface area contributed by atoms with Crippen molar-refractivity contribution in [2.45, 2.75) is 13.3 Å². The third kappa shape index (κ3) is 0.911. The van der Waals surface area contributed by atoms with Crippen LogP contribution >= 0.6 is 0 Å². The molecule has 0 bridgehead atoms. The first-order chi connectivity index (χ1) is 5.13. The lowest BCUT2D eigenvalue weighted by atomic mass is 9.84. The molecule has 0 aromatic rings. The van der Waals surface area contributed by atoms with Gasteiger partial charge >= 0.3 is 5.97 Å². The fourth-order valence-electron chi connectivity index (χ4n) is 1.07. The number of esters is 1. The lowest BCUT2D eigenvalue weighted by Crippen LogP contribution is -2.32. The summed E-state index contributed by atoms with van der Waals surface area (Å²) in [6, 6.07) is 0. The van der Waals surface area contributed by atoms with Crippen LogP contribution in [0.3, 0.4) is 0 Å². The van der Waals surface area contributed by atoms with E-state index in [0.717, 1.165) is 0 Å². The van der Waals surface area contributed by atoms with Crippen LogP contribution in [0.4, 0.5) is 0 Å². The van der Waals surface area contributed by atoms with Gasteiger partial charge < -0.3 is 4.74 Å². The summed E-state index contributed by atoms with van der Waals surface area (Å²) in [6.07, 6.45) is 5.41. The van der Waals surface area contributed by atoms with Crippen molar-refractivity contribution in [3.8, 4) is 12.3 Å². The first-order valence-corrected chi connectivity index (χ1v) is 3.29. The first-order valence-electron chi connectivity index (χ1n) is 3.29. The molecular weight excluding hydrogens is 144 g/mol. The Balaban J connectivity index is 3.03. The molecule has 11 heavy (non-hydrogen) atoms. The predicted octanol–water partition coefficient (Wildman–Crippen LogP) is 0.142. The van der Waals surface area contributed by atoms with Gasteiger partial charge in [0.2, 0.25) is 0 Å². The van der Waals surface area contributed by atoms with Gasteiger partial charge in [0.25, 0.3) is 0 Å². The van der Waals surface area contributed by atoms with Gasteiger partial charge in [-0.15, -0.1) is 6.42 Å². The number of carbonyl (C=O) groups is 2. The molecule has 1 atom stereocenters. The molecule has 1 aliphatic heterocycles. The second-order valence-corrected chi connectivity index (χ2v) is 2.49. The van der Waals surface area contributed by atoms with Gasteiger partial charge in [-0.3, -0.25) is 4.79 Å². The van der Waals surface area contributed by atoms with E-state index in [2.05, 4.69) is 10.7 Å². The van der Waals surface area contributed by atoms with Gasteiger partial charge in [-0.25, -0.2) is 4.79 Å². The minimum atomic E-state index is -1.28. The van der Waals surface area contributed by atoms with Crippen molar-refractivity contribution < 1.29 is 14.3 Å². The second kappa shape index (κ2) is 2.39. The monoisotopic (exact) mass is 152 g/mol. The van der Waals surface area contributed by atoms with Gasteiger partial charge in [0.05, 0.1) is 6.61 Å². The number of ketones is 1. The van der Waals surface area contributed by atoms with Gasteiger partial charge in [-0.2, -0.15) is 0 Å². The normalized spacial score (nSPS) is 29.3. The van der Waals surface area contributed by atoms with Crippen molar-refractivity contribution in [2.75, 3.05) is 6.61 Å². The van der Waals surface area contributed by atoms with Crippen LogP contribution in [0.25, 0.3) is 0 Å². The molecule has 3 nitrogen and oxygen atoms in total. The van der Waals surface area contributed by atoms with Crippen LogP contribution in [0.2, 0.25) is 0 Å². The maximum atomic E-state index is 11.0. The predicted molar refractivity (Wildman–Crippen MR) is 37.5 cm³/mol. The lowest BCUT2D eigenvalue weighted by molar-refractivity contribution is -0.147. The third-order valence-corrected chi connectivity index (χ3v) is 1.91. The molecule has 1 fully saturated rings. The quantitative estimate of drug-likeness (QED) is 0.305. The Bertz CT molecular complexity index is 249. The number of hydrogen-bond donors (Lipinski definition) is 0. The summed E-state index contributed by atoms with van der Waals surface area (Å²) in [6.45, 7) is 1.56. The van der Waals surface area contributed by atoms with E-state index in [0.29, 0.717) is 6.42 Å². The van der Waals surface area contributed by atoms with Crippen LogP contribution in [0.1, 0.15) is 13.3 Å². The largest absolute Gasteiger partial charge is 0.464 e. The van der Waals surface area contributed by atoms with Crippen molar-refractivity contribution in [3.63, 3.8) is 0 Å². The first kappa shape index (κ1) is 7.80. The number of carbonyl (C=O) groups excluding carboxylic acids is 2. The molecule has 1 unspecified atom stereocenters. The Morgan fingerprint density at radius 2 is 2.45 bits per heavy atom. The summed E-state index contributed by atoms with van der Waals surface area (Å²) < 4.78 is 4.62. The maximum absolute atomic E-state index is 11.0. The van der Waals surface area contributed by atoms with Gasteiger partial charge in [-0.05, 0) is 6.92 Å². The molecule has 1 heterocycles. The zero-order chi connectivity index (χ0) is 8.48. The molecule has 1 rings (SSSR count). The minimum absolute atomic E-state index is 0.253. The Hall–Kier alpha value is -1.30. The molecule has 0 radical (unpaired) electrons. The summed E-state index contributed by atoms with van der Waals surface area (Å²) in [5.74, 6) is 1.32. The van der Waals surface area contributed by atoms with E-state index in [-0.39, 0.29) is 12.4 Å². The number of cyclic esters (lactones) is 1. The highest BCUT2D eigenvalue weighted by molar-refractivity contribution is 6.06. The third-order valence-electron chi connectivity index (χ3n) is 1.91. The van der Waals surface area contributed by atoms with Crippen LogP contribution in [0, 0.1) is 17.8 Å². The molecule has 0 spiro atoms. The Morgan fingerprint density at radius 3 is 2.64 bits per heavy atom. The summed E-state index contributed by atoms with van der Waals surface area (Å²) in [5, 5.41) is 0. The number of Topliss-reactive ketones (excluding diaryl/α,β-unsaturated/α-hetero) is 1. The Morgan fingerprint density at radius 1 is 1.82 bits per heavy atom. The van der Waals surface area contributed by atoms with Crippen molar-refractivity contribution in [1.29, 1.82) is 0 Å². The Labute approximate surface area is 64.7 Å². The fourth-order valence-corrected chi connectivity index (χ4v) is 1.07. The molecule has 0 saturated carbocycles. The van der Waals surface area contributed by atoms with Crippen LogP contribution in [-0.2, 0) is 14.3 Å². The minimum Gasteiger partial charge on any atom is -0.464 e. The zero-order valence-electron chi connectivity index (χ0n) is 6.22. The second-order valence-electron chi connectivity index (χ2n) is 2.49. The molecule has 0 aromatic carbocycles. The van der Waals surface area contributed by atoms with Gasteiger partial charge in [0, 0.05) is 6.42 Å². The van der Waals surface area contributed by atoms with E-state index in [1.54, 1.807) is 0 Å². The average molecular weight is 152 g/mol. The van der Waals surface area contributed by atoms with Crippen LogP contribution in [-0.4, -0.2) is 18.4 Å².